The van der Waals surface area contributed by atoms with Gasteiger partial charge < -0.3 is 5.32 Å². The number of hydrogen-bond acceptors (Lipinski definition) is 2. The van der Waals surface area contributed by atoms with Crippen molar-refractivity contribution in [2.45, 2.75) is 0 Å². The van der Waals surface area contributed by atoms with E-state index in [1.165, 1.54) is 12.1 Å². The van der Waals surface area contributed by atoms with E-state index in [-0.39, 0.29) is 5.82 Å². The number of pyridine rings is 1. The van der Waals surface area contributed by atoms with Crippen LogP contribution in [-0.4, -0.2) is 4.98 Å². The molecule has 5 heteroatoms. The summed E-state index contributed by atoms with van der Waals surface area (Å²) < 4.78 is 14.4. The number of nitrogens with one attached hydrogen (secondary N) is 1. The molecular formula is C11H7Br2FN2. The fourth-order valence-electron chi connectivity index (χ4n) is 1.20. The summed E-state index contributed by atoms with van der Waals surface area (Å²) >= 11 is 6.66. The summed E-state index contributed by atoms with van der Waals surface area (Å²) in [6.07, 6.45) is 1.69. The fraction of sp³-hybridized carbons (Fsp3) is 0. The molecule has 1 N–H and O–H groups in total. The number of aromatic nitrogens is 1. The van der Waals surface area contributed by atoms with E-state index in [1.807, 2.05) is 12.1 Å². The molecule has 1 aromatic carbocycles. The van der Waals surface area contributed by atoms with Gasteiger partial charge in [0.15, 0.2) is 0 Å². The SMILES string of the molecule is Fc1ccc(Nc2ncccc2Br)c(Br)c1. The molecular weight excluding hydrogens is 339 g/mol. The standard InChI is InChI=1S/C11H7Br2FN2/c12-8-2-1-5-15-11(8)16-10-4-3-7(14)6-9(10)13/h1-6H,(H,15,16). The Morgan fingerprint density at radius 1 is 1.12 bits per heavy atom. The minimum absolute atomic E-state index is 0.280. The van der Waals surface area contributed by atoms with Crippen molar-refractivity contribution in [1.29, 1.82) is 0 Å². The third-order valence-corrected chi connectivity index (χ3v) is 3.24. The van der Waals surface area contributed by atoms with E-state index in [0.717, 1.165) is 10.2 Å². The molecule has 82 valence electrons. The van der Waals surface area contributed by atoms with Crippen molar-refractivity contribution in [3.8, 4) is 0 Å². The van der Waals surface area contributed by atoms with E-state index >= 15 is 0 Å². The molecule has 16 heavy (non-hydrogen) atoms. The first-order valence-electron chi connectivity index (χ1n) is 4.49. The van der Waals surface area contributed by atoms with Gasteiger partial charge in [-0.25, -0.2) is 9.37 Å². The minimum atomic E-state index is -0.280. The first-order chi connectivity index (χ1) is 7.66. The van der Waals surface area contributed by atoms with Crippen molar-refractivity contribution in [2.24, 2.45) is 0 Å². The number of rotatable bonds is 2. The first-order valence-corrected chi connectivity index (χ1v) is 6.08. The molecule has 0 spiro atoms. The first kappa shape index (κ1) is 11.5. The maximum atomic E-state index is 12.9. The molecule has 0 saturated heterocycles. The molecule has 2 aromatic rings. The van der Waals surface area contributed by atoms with Gasteiger partial charge in [0.1, 0.15) is 11.6 Å². The molecule has 0 atom stereocenters. The van der Waals surface area contributed by atoms with Gasteiger partial charge in [-0.3, -0.25) is 0 Å². The zero-order chi connectivity index (χ0) is 11.5. The summed E-state index contributed by atoms with van der Waals surface area (Å²) in [5, 5.41) is 3.10. The Labute approximate surface area is 109 Å². The van der Waals surface area contributed by atoms with Crippen LogP contribution in [0.4, 0.5) is 15.9 Å². The lowest BCUT2D eigenvalue weighted by Gasteiger charge is -2.08. The lowest BCUT2D eigenvalue weighted by Crippen LogP contribution is -1.95. The minimum Gasteiger partial charge on any atom is -0.338 e. The normalized spacial score (nSPS) is 10.2. The lowest BCUT2D eigenvalue weighted by atomic mass is 10.3. The van der Waals surface area contributed by atoms with Gasteiger partial charge in [-0.1, -0.05) is 0 Å². The van der Waals surface area contributed by atoms with Crippen molar-refractivity contribution < 1.29 is 4.39 Å². The van der Waals surface area contributed by atoms with Crippen LogP contribution in [0.1, 0.15) is 0 Å². The van der Waals surface area contributed by atoms with Crippen molar-refractivity contribution in [1.82, 2.24) is 4.98 Å². The van der Waals surface area contributed by atoms with Gasteiger partial charge >= 0.3 is 0 Å². The zero-order valence-corrected chi connectivity index (χ0v) is 11.2. The number of anilines is 2. The molecule has 0 unspecified atom stereocenters. The second-order valence-corrected chi connectivity index (χ2v) is 4.79. The maximum absolute atomic E-state index is 12.9. The third-order valence-electron chi connectivity index (χ3n) is 1.94. The fourth-order valence-corrected chi connectivity index (χ4v) is 2.00. The summed E-state index contributed by atoms with van der Waals surface area (Å²) in [6, 6.07) is 8.16. The van der Waals surface area contributed by atoms with Crippen LogP contribution in [0.5, 0.6) is 0 Å². The maximum Gasteiger partial charge on any atom is 0.144 e. The number of hydrogen-bond donors (Lipinski definition) is 1. The number of nitrogens with zero attached hydrogens (tertiary/aromatic N) is 1. The molecule has 0 aliphatic rings. The molecule has 0 aliphatic heterocycles. The predicted molar refractivity (Wildman–Crippen MR) is 69.3 cm³/mol. The Morgan fingerprint density at radius 2 is 1.94 bits per heavy atom. The van der Waals surface area contributed by atoms with Crippen molar-refractivity contribution in [3.63, 3.8) is 0 Å². The summed E-state index contributed by atoms with van der Waals surface area (Å²) in [7, 11) is 0. The Morgan fingerprint density at radius 3 is 2.62 bits per heavy atom. The summed E-state index contributed by atoms with van der Waals surface area (Å²) in [4.78, 5) is 4.16. The van der Waals surface area contributed by atoms with Gasteiger partial charge in [0, 0.05) is 10.7 Å². The Balaban J connectivity index is 2.31. The van der Waals surface area contributed by atoms with Gasteiger partial charge in [-0.05, 0) is 62.2 Å². The zero-order valence-electron chi connectivity index (χ0n) is 8.05. The average molecular weight is 346 g/mol. The van der Waals surface area contributed by atoms with Crippen LogP contribution in [0.25, 0.3) is 0 Å². The predicted octanol–water partition coefficient (Wildman–Crippen LogP) is 4.49. The molecule has 0 aliphatic carbocycles. The molecule has 2 rings (SSSR count). The van der Waals surface area contributed by atoms with E-state index in [2.05, 4.69) is 42.2 Å². The van der Waals surface area contributed by atoms with Crippen molar-refractivity contribution in [3.05, 3.63) is 51.3 Å². The van der Waals surface area contributed by atoms with E-state index in [9.17, 15) is 4.39 Å². The molecule has 0 radical (unpaired) electrons. The lowest BCUT2D eigenvalue weighted by molar-refractivity contribution is 0.627. The monoisotopic (exact) mass is 344 g/mol. The topological polar surface area (TPSA) is 24.9 Å². The third kappa shape index (κ3) is 2.59. The Kier molecular flexibility index (Phi) is 3.56. The molecule has 1 aromatic heterocycles. The van der Waals surface area contributed by atoms with E-state index in [1.54, 1.807) is 12.3 Å². The highest BCUT2D eigenvalue weighted by molar-refractivity contribution is 9.11. The highest BCUT2D eigenvalue weighted by Gasteiger charge is 2.04. The van der Waals surface area contributed by atoms with Crippen LogP contribution in [0.3, 0.4) is 0 Å². The second kappa shape index (κ2) is 4.93. The smallest absolute Gasteiger partial charge is 0.144 e. The van der Waals surface area contributed by atoms with Crippen LogP contribution in [0.15, 0.2) is 45.5 Å². The van der Waals surface area contributed by atoms with Crippen LogP contribution in [0, 0.1) is 5.82 Å². The van der Waals surface area contributed by atoms with Gasteiger partial charge in [0.25, 0.3) is 0 Å². The van der Waals surface area contributed by atoms with Crippen molar-refractivity contribution >= 4 is 43.4 Å². The quantitative estimate of drug-likeness (QED) is 0.867. The average Bonchev–Trinajstić information content (AvgIpc) is 2.25. The summed E-state index contributed by atoms with van der Waals surface area (Å²) in [6.45, 7) is 0. The van der Waals surface area contributed by atoms with Gasteiger partial charge in [-0.15, -0.1) is 0 Å². The van der Waals surface area contributed by atoms with Crippen LogP contribution in [0.2, 0.25) is 0 Å². The number of benzene rings is 1. The van der Waals surface area contributed by atoms with Gasteiger partial charge in [0.2, 0.25) is 0 Å². The molecule has 1 heterocycles. The highest BCUT2D eigenvalue weighted by atomic mass is 79.9. The summed E-state index contributed by atoms with van der Waals surface area (Å²) in [5.74, 6) is 0.410. The second-order valence-electron chi connectivity index (χ2n) is 3.08. The van der Waals surface area contributed by atoms with Crippen LogP contribution >= 0.6 is 31.9 Å². The summed E-state index contributed by atoms with van der Waals surface area (Å²) in [5.41, 5.74) is 0.765. The molecule has 2 nitrogen and oxygen atoms in total. The van der Waals surface area contributed by atoms with E-state index in [4.69, 9.17) is 0 Å². The van der Waals surface area contributed by atoms with Crippen LogP contribution < -0.4 is 5.32 Å². The van der Waals surface area contributed by atoms with Crippen molar-refractivity contribution in [2.75, 3.05) is 5.32 Å². The van der Waals surface area contributed by atoms with Crippen LogP contribution in [-0.2, 0) is 0 Å². The van der Waals surface area contributed by atoms with E-state index in [0.29, 0.717) is 10.3 Å². The highest BCUT2D eigenvalue weighted by Crippen LogP contribution is 2.28. The molecule has 0 bridgehead atoms. The van der Waals surface area contributed by atoms with Gasteiger partial charge in [0.05, 0.1) is 10.2 Å². The largest absolute Gasteiger partial charge is 0.338 e. The Hall–Kier alpha value is -0.940. The van der Waals surface area contributed by atoms with E-state index < -0.39 is 0 Å². The molecule has 0 fully saturated rings. The number of halogens is 3. The Bertz CT molecular complexity index is 517. The molecule has 0 amide bonds. The van der Waals surface area contributed by atoms with Gasteiger partial charge in [-0.2, -0.15) is 0 Å². The molecule has 0 saturated carbocycles.